The molecule has 0 spiro atoms. The summed E-state index contributed by atoms with van der Waals surface area (Å²) >= 11 is 1.56. The maximum atomic E-state index is 13.3. The molecule has 4 aromatic rings. The summed E-state index contributed by atoms with van der Waals surface area (Å²) in [6.07, 6.45) is 6.42. The minimum absolute atomic E-state index is 0. The Balaban J connectivity index is 0.00000253. The van der Waals surface area contributed by atoms with Crippen LogP contribution in [0.5, 0.6) is 0 Å². The molecule has 1 amide bonds. The number of nitrogens with one attached hydrogen (secondary N) is 1. The van der Waals surface area contributed by atoms with Crippen molar-refractivity contribution in [1.29, 1.82) is 0 Å². The van der Waals surface area contributed by atoms with E-state index in [0.717, 1.165) is 27.8 Å². The van der Waals surface area contributed by atoms with Crippen LogP contribution in [0, 0.1) is 6.92 Å². The monoisotopic (exact) mass is 503 g/mol. The first-order valence-electron chi connectivity index (χ1n) is 11.9. The summed E-state index contributed by atoms with van der Waals surface area (Å²) in [7, 11) is 0. The summed E-state index contributed by atoms with van der Waals surface area (Å²) < 4.78 is 0. The molecule has 0 bridgehead atoms. The molecule has 0 saturated heterocycles. The van der Waals surface area contributed by atoms with E-state index in [9.17, 15) is 14.7 Å². The second kappa shape index (κ2) is 13.4. The number of aryl methyl sites for hydroxylation is 1. The Morgan fingerprint density at radius 2 is 1.68 bits per heavy atom. The van der Waals surface area contributed by atoms with E-state index in [4.69, 9.17) is 0 Å². The third-order valence-corrected chi connectivity index (χ3v) is 6.86. The van der Waals surface area contributed by atoms with E-state index in [1.165, 1.54) is 10.8 Å². The Bertz CT molecular complexity index is 1430. The van der Waals surface area contributed by atoms with Crippen LogP contribution in [0.15, 0.2) is 84.9 Å². The molecule has 0 aliphatic rings. The fourth-order valence-corrected chi connectivity index (χ4v) is 4.74. The molecule has 0 fully saturated rings. The molecule has 4 rings (SSSR count). The number of carbonyl (C=O) groups is 2. The summed E-state index contributed by atoms with van der Waals surface area (Å²) in [6, 6.07) is 27.2. The van der Waals surface area contributed by atoms with Crippen molar-refractivity contribution in [2.24, 2.45) is 0 Å². The molecule has 0 aromatic heterocycles. The largest absolute Gasteiger partial charge is 1.00 e. The first-order valence-corrected chi connectivity index (χ1v) is 13.3. The molecule has 4 nitrogen and oxygen atoms in total. The van der Waals surface area contributed by atoms with Crippen LogP contribution in [0.3, 0.4) is 0 Å². The first-order chi connectivity index (χ1) is 17.5. The van der Waals surface area contributed by atoms with Gasteiger partial charge in [0.2, 0.25) is 0 Å². The molecule has 37 heavy (non-hydrogen) atoms. The van der Waals surface area contributed by atoms with Gasteiger partial charge < -0.3 is 11.8 Å². The normalized spacial score (nSPS) is 11.7. The van der Waals surface area contributed by atoms with Crippen LogP contribution >= 0.6 is 11.8 Å². The molecular weight excluding hydrogens is 473 g/mol. The van der Waals surface area contributed by atoms with Gasteiger partial charge in [-0.3, -0.25) is 4.79 Å². The number of carbonyl (C=O) groups excluding carboxylic acids is 1. The number of rotatable bonds is 9. The van der Waals surface area contributed by atoms with E-state index in [2.05, 4.69) is 35.7 Å². The predicted molar refractivity (Wildman–Crippen MR) is 152 cm³/mol. The van der Waals surface area contributed by atoms with E-state index in [1.54, 1.807) is 17.8 Å². The minimum Gasteiger partial charge on any atom is -1.00 e. The number of fused-ring (bicyclic) bond motifs is 1. The fourth-order valence-electron chi connectivity index (χ4n) is 4.27. The Hall–Kier alpha value is -3.23. The van der Waals surface area contributed by atoms with Gasteiger partial charge in [0, 0.05) is 5.56 Å². The molecule has 0 radical (unpaired) electrons. The number of carboxylic acids is 1. The molecule has 0 heterocycles. The van der Waals surface area contributed by atoms with Gasteiger partial charge in [0.15, 0.2) is 0 Å². The molecule has 1 atom stereocenters. The summed E-state index contributed by atoms with van der Waals surface area (Å²) in [4.78, 5) is 25.0. The third kappa shape index (κ3) is 6.96. The van der Waals surface area contributed by atoms with Gasteiger partial charge in [0.1, 0.15) is 6.04 Å². The summed E-state index contributed by atoms with van der Waals surface area (Å²) in [5, 5.41) is 14.7. The van der Waals surface area contributed by atoms with Crippen LogP contribution in [0.1, 0.15) is 34.9 Å². The van der Waals surface area contributed by atoms with Crippen molar-refractivity contribution in [3.05, 3.63) is 107 Å². The molecule has 0 aliphatic heterocycles. The number of thioether (sulfide) groups is 1. The average Bonchev–Trinajstić information content (AvgIpc) is 2.89. The van der Waals surface area contributed by atoms with Gasteiger partial charge in [0.05, 0.1) is 0 Å². The average molecular weight is 504 g/mol. The molecular formula is C31H30LiNO3S. The van der Waals surface area contributed by atoms with Crippen molar-refractivity contribution in [2.45, 2.75) is 19.4 Å². The molecule has 184 valence electrons. The van der Waals surface area contributed by atoms with Crippen molar-refractivity contribution >= 4 is 46.6 Å². The van der Waals surface area contributed by atoms with Crippen molar-refractivity contribution in [1.82, 2.24) is 5.32 Å². The summed E-state index contributed by atoms with van der Waals surface area (Å²) in [6.45, 7) is 2.01. The number of benzene rings is 4. The van der Waals surface area contributed by atoms with Gasteiger partial charge >= 0.3 is 24.8 Å². The first kappa shape index (κ1) is 28.3. The van der Waals surface area contributed by atoms with Crippen LogP contribution in [0.4, 0.5) is 0 Å². The summed E-state index contributed by atoms with van der Waals surface area (Å²) in [5.41, 5.74) is 5.29. The smallest absolute Gasteiger partial charge is 1.00 e. The predicted octanol–water partition coefficient (Wildman–Crippen LogP) is 4.04. The van der Waals surface area contributed by atoms with Crippen LogP contribution in [0.25, 0.3) is 34.1 Å². The zero-order valence-corrected chi connectivity index (χ0v) is 22.2. The molecule has 4 aromatic carbocycles. The molecule has 0 aliphatic carbocycles. The topological polar surface area (TPSA) is 66.4 Å². The zero-order valence-electron chi connectivity index (χ0n) is 22.4. The maximum Gasteiger partial charge on any atom is 1.00 e. The van der Waals surface area contributed by atoms with Gasteiger partial charge in [-0.2, -0.15) is 11.8 Å². The van der Waals surface area contributed by atoms with Crippen LogP contribution < -0.4 is 24.2 Å². The van der Waals surface area contributed by atoms with Crippen LogP contribution in [0.2, 0.25) is 0 Å². The van der Waals surface area contributed by atoms with Crippen molar-refractivity contribution in [3.8, 4) is 11.1 Å². The third-order valence-electron chi connectivity index (χ3n) is 6.22. The zero-order chi connectivity index (χ0) is 25.5. The van der Waals surface area contributed by atoms with E-state index < -0.39 is 12.0 Å². The fraction of sp³-hybridized carbons (Fsp3) is 0.161. The van der Waals surface area contributed by atoms with Crippen molar-refractivity contribution < 1.29 is 35.0 Å². The Kier molecular flexibility index (Phi) is 10.2. The van der Waals surface area contributed by atoms with Crippen molar-refractivity contribution in [3.63, 3.8) is 0 Å². The minimum atomic E-state index is -1.02. The number of hydrogen-bond donors (Lipinski definition) is 2. The van der Waals surface area contributed by atoms with Gasteiger partial charge in [-0.05, 0) is 76.1 Å². The quantitative estimate of drug-likeness (QED) is 0.267. The van der Waals surface area contributed by atoms with E-state index in [1.807, 2.05) is 73.9 Å². The molecule has 0 saturated carbocycles. The van der Waals surface area contributed by atoms with Crippen LogP contribution in [-0.4, -0.2) is 35.0 Å². The summed E-state index contributed by atoms with van der Waals surface area (Å²) in [5.74, 6) is -0.754. The van der Waals surface area contributed by atoms with Gasteiger partial charge in [0.25, 0.3) is 5.91 Å². The number of aliphatic carboxylic acids is 1. The van der Waals surface area contributed by atoms with E-state index in [0.29, 0.717) is 17.7 Å². The van der Waals surface area contributed by atoms with E-state index in [-0.39, 0.29) is 26.2 Å². The van der Waals surface area contributed by atoms with E-state index >= 15 is 0 Å². The SMILES string of the molecule is CSCCC(NC(=O)c1ccc(/C=C/c2cccc3ccccc23)cc1-c1ccccc1C)C(=O)O.[H-].[Li+]. The Morgan fingerprint density at radius 1 is 0.946 bits per heavy atom. The second-order valence-electron chi connectivity index (χ2n) is 8.67. The number of carboxylic acid groups (broad SMARTS) is 1. The van der Waals surface area contributed by atoms with Gasteiger partial charge in [-0.15, -0.1) is 0 Å². The Labute approximate surface area is 235 Å². The van der Waals surface area contributed by atoms with Gasteiger partial charge in [-0.1, -0.05) is 84.9 Å². The number of hydrogen-bond acceptors (Lipinski definition) is 3. The maximum absolute atomic E-state index is 13.3. The van der Waals surface area contributed by atoms with Crippen LogP contribution in [-0.2, 0) is 4.79 Å². The molecule has 1 unspecified atom stereocenters. The molecule has 2 N–H and O–H groups in total. The standard InChI is InChI=1S/C31H29NO3S.Li.H/c1-21-8-3-5-12-25(21)28-20-22(14-16-24-11-7-10-23-9-4-6-13-26(23)24)15-17-27(28)30(33)32-29(31(34)35)18-19-36-2;;/h3-17,20,29H,18-19H2,1-2H3,(H,32,33)(H,34,35);;/q;+1;-1/b16-14+;;. The second-order valence-corrected chi connectivity index (χ2v) is 9.65. The van der Waals surface area contributed by atoms with Gasteiger partial charge in [-0.25, -0.2) is 4.79 Å². The van der Waals surface area contributed by atoms with Crippen molar-refractivity contribution in [2.75, 3.05) is 12.0 Å². The molecule has 6 heteroatoms. The number of amides is 1. The Morgan fingerprint density at radius 3 is 2.43 bits per heavy atom.